The average molecular weight is 267 g/mol. The van der Waals surface area contributed by atoms with Crippen molar-refractivity contribution in [2.24, 2.45) is 5.73 Å². The predicted octanol–water partition coefficient (Wildman–Crippen LogP) is 2.15. The van der Waals surface area contributed by atoms with E-state index in [0.29, 0.717) is 0 Å². The average Bonchev–Trinajstić information content (AvgIpc) is 2.25. The first-order valence-electron chi connectivity index (χ1n) is 5.14. The van der Waals surface area contributed by atoms with Crippen LogP contribution in [0.5, 0.6) is 5.75 Å². The van der Waals surface area contributed by atoms with Crippen LogP contribution < -0.4 is 10.5 Å². The second-order valence-corrected chi connectivity index (χ2v) is 3.84. The van der Waals surface area contributed by atoms with Crippen molar-refractivity contribution >= 4 is 0 Å². The first-order chi connectivity index (χ1) is 8.21. The monoisotopic (exact) mass is 267 g/mol. The number of aliphatic hydroxyl groups excluding tert-OH is 1. The molecule has 2 unspecified atom stereocenters. The Balaban J connectivity index is 2.79. The largest absolute Gasteiger partial charge is 0.490 e. The molecule has 0 saturated carbocycles. The topological polar surface area (TPSA) is 55.5 Å². The van der Waals surface area contributed by atoms with Crippen LogP contribution >= 0.6 is 0 Å². The predicted molar refractivity (Wildman–Crippen MR) is 56.6 cm³/mol. The molecule has 0 aliphatic heterocycles. The first-order valence-corrected chi connectivity index (χ1v) is 5.14. The molecule has 7 heteroatoms. The van der Waals surface area contributed by atoms with Gasteiger partial charge in [0.05, 0.1) is 0 Å². The molecule has 3 nitrogen and oxygen atoms in total. The summed E-state index contributed by atoms with van der Waals surface area (Å²) in [5, 5.41) is 8.78. The Hall–Kier alpha value is -1.34. The van der Waals surface area contributed by atoms with Gasteiger partial charge in [-0.2, -0.15) is 13.2 Å². The van der Waals surface area contributed by atoms with Gasteiger partial charge in [-0.15, -0.1) is 0 Å². The first kappa shape index (κ1) is 14.7. The lowest BCUT2D eigenvalue weighted by Gasteiger charge is -2.18. The second kappa shape index (κ2) is 5.53. The third-order valence-corrected chi connectivity index (χ3v) is 2.24. The Morgan fingerprint density at radius 2 is 2.00 bits per heavy atom. The van der Waals surface area contributed by atoms with E-state index < -0.39 is 30.7 Å². The Morgan fingerprint density at radius 1 is 1.39 bits per heavy atom. The number of rotatable bonds is 4. The molecule has 0 bridgehead atoms. The highest BCUT2D eigenvalue weighted by molar-refractivity contribution is 5.36. The minimum atomic E-state index is -4.76. The molecule has 0 saturated heterocycles. The molecule has 0 fully saturated rings. The van der Waals surface area contributed by atoms with Crippen molar-refractivity contribution in [2.45, 2.75) is 25.2 Å². The van der Waals surface area contributed by atoms with Crippen molar-refractivity contribution in [3.8, 4) is 5.75 Å². The maximum absolute atomic E-state index is 13.0. The van der Waals surface area contributed by atoms with Crippen LogP contribution in [-0.4, -0.2) is 24.0 Å². The third-order valence-electron chi connectivity index (χ3n) is 2.24. The number of nitrogens with two attached hydrogens (primary N) is 1. The summed E-state index contributed by atoms with van der Waals surface area (Å²) in [6, 6.07) is 2.71. The van der Waals surface area contributed by atoms with Gasteiger partial charge in [-0.1, -0.05) is 0 Å². The number of hydrogen-bond acceptors (Lipinski definition) is 3. The Labute approximate surface area is 101 Å². The summed E-state index contributed by atoms with van der Waals surface area (Å²) in [7, 11) is 0. The molecule has 0 aliphatic rings. The zero-order valence-corrected chi connectivity index (χ0v) is 9.54. The fourth-order valence-corrected chi connectivity index (χ4v) is 1.27. The summed E-state index contributed by atoms with van der Waals surface area (Å²) >= 11 is 0. The van der Waals surface area contributed by atoms with E-state index in [1.54, 1.807) is 6.92 Å². The van der Waals surface area contributed by atoms with E-state index >= 15 is 0 Å². The van der Waals surface area contributed by atoms with Gasteiger partial charge in [0.1, 0.15) is 18.2 Å². The SMILES string of the molecule is CC(N)c1cc(F)ccc1OCC(O)C(F)(F)F. The van der Waals surface area contributed by atoms with Crippen molar-refractivity contribution < 1.29 is 27.4 Å². The molecule has 2 atom stereocenters. The second-order valence-electron chi connectivity index (χ2n) is 3.84. The molecule has 1 aromatic carbocycles. The van der Waals surface area contributed by atoms with Gasteiger partial charge in [-0.3, -0.25) is 0 Å². The van der Waals surface area contributed by atoms with Gasteiger partial charge in [0, 0.05) is 11.6 Å². The van der Waals surface area contributed by atoms with E-state index in [-0.39, 0.29) is 11.3 Å². The number of aliphatic hydroxyl groups is 1. The lowest BCUT2D eigenvalue weighted by Crippen LogP contribution is -2.34. The zero-order valence-electron chi connectivity index (χ0n) is 9.54. The molecule has 1 aromatic rings. The van der Waals surface area contributed by atoms with Gasteiger partial charge < -0.3 is 15.6 Å². The van der Waals surface area contributed by atoms with Gasteiger partial charge >= 0.3 is 6.18 Å². The van der Waals surface area contributed by atoms with Gasteiger partial charge in [0.15, 0.2) is 6.10 Å². The van der Waals surface area contributed by atoms with Crippen molar-refractivity contribution in [3.05, 3.63) is 29.6 Å². The lowest BCUT2D eigenvalue weighted by atomic mass is 10.1. The normalized spacial score (nSPS) is 15.3. The molecule has 102 valence electrons. The van der Waals surface area contributed by atoms with Crippen LogP contribution in [0.25, 0.3) is 0 Å². The number of hydrogen-bond donors (Lipinski definition) is 2. The Morgan fingerprint density at radius 3 is 2.50 bits per heavy atom. The molecule has 0 radical (unpaired) electrons. The number of ether oxygens (including phenoxy) is 1. The highest BCUT2D eigenvalue weighted by Gasteiger charge is 2.38. The Bertz CT molecular complexity index is 407. The summed E-state index contributed by atoms with van der Waals surface area (Å²) < 4.78 is 54.0. The van der Waals surface area contributed by atoms with Crippen LogP contribution in [0.3, 0.4) is 0 Å². The van der Waals surface area contributed by atoms with Crippen LogP contribution in [0.1, 0.15) is 18.5 Å². The molecule has 0 aliphatic carbocycles. The number of benzene rings is 1. The van der Waals surface area contributed by atoms with Crippen molar-refractivity contribution in [1.82, 2.24) is 0 Å². The van der Waals surface area contributed by atoms with Crippen LogP contribution in [0.15, 0.2) is 18.2 Å². The lowest BCUT2D eigenvalue weighted by molar-refractivity contribution is -0.210. The van der Waals surface area contributed by atoms with Gasteiger partial charge in [-0.25, -0.2) is 4.39 Å². The van der Waals surface area contributed by atoms with E-state index in [4.69, 9.17) is 15.6 Å². The highest BCUT2D eigenvalue weighted by atomic mass is 19.4. The van der Waals surface area contributed by atoms with Crippen molar-refractivity contribution in [1.29, 1.82) is 0 Å². The standard InChI is InChI=1S/C11H13F4NO2/c1-6(16)8-4-7(12)2-3-9(8)18-5-10(17)11(13,14)15/h2-4,6,10,17H,5,16H2,1H3. The molecule has 0 amide bonds. The van der Waals surface area contributed by atoms with Crippen LogP contribution in [0.4, 0.5) is 17.6 Å². The van der Waals surface area contributed by atoms with E-state index in [1.165, 1.54) is 6.07 Å². The molecule has 3 N–H and O–H groups in total. The fourth-order valence-electron chi connectivity index (χ4n) is 1.27. The quantitative estimate of drug-likeness (QED) is 0.822. The molecular weight excluding hydrogens is 254 g/mol. The highest BCUT2D eigenvalue weighted by Crippen LogP contribution is 2.26. The van der Waals surface area contributed by atoms with Gasteiger partial charge in [0.25, 0.3) is 0 Å². The molecule has 1 rings (SSSR count). The fraction of sp³-hybridized carbons (Fsp3) is 0.455. The Kier molecular flexibility index (Phi) is 4.53. The maximum Gasteiger partial charge on any atom is 0.417 e. The number of alkyl halides is 3. The summed E-state index contributed by atoms with van der Waals surface area (Å²) in [5.74, 6) is -0.541. The van der Waals surface area contributed by atoms with Gasteiger partial charge in [-0.05, 0) is 25.1 Å². The molecule has 0 heterocycles. The van der Waals surface area contributed by atoms with Gasteiger partial charge in [0.2, 0.25) is 0 Å². The van der Waals surface area contributed by atoms with E-state index in [2.05, 4.69) is 0 Å². The minimum Gasteiger partial charge on any atom is -0.490 e. The zero-order chi connectivity index (χ0) is 13.9. The minimum absolute atomic E-state index is 0.0229. The third kappa shape index (κ3) is 3.85. The van der Waals surface area contributed by atoms with E-state index in [9.17, 15) is 17.6 Å². The van der Waals surface area contributed by atoms with Crippen LogP contribution in [0, 0.1) is 5.82 Å². The summed E-state index contributed by atoms with van der Waals surface area (Å²) in [6.45, 7) is 0.580. The smallest absolute Gasteiger partial charge is 0.417 e. The summed E-state index contributed by atoms with van der Waals surface area (Å²) in [6.07, 6.45) is -7.35. The molecule has 18 heavy (non-hydrogen) atoms. The van der Waals surface area contributed by atoms with Crippen LogP contribution in [0.2, 0.25) is 0 Å². The maximum atomic E-state index is 13.0. The molecule has 0 spiro atoms. The van der Waals surface area contributed by atoms with E-state index in [0.717, 1.165) is 12.1 Å². The summed E-state index contributed by atoms with van der Waals surface area (Å²) in [5.41, 5.74) is 5.78. The summed E-state index contributed by atoms with van der Waals surface area (Å²) in [4.78, 5) is 0. The molecular formula is C11H13F4NO2. The van der Waals surface area contributed by atoms with E-state index in [1.807, 2.05) is 0 Å². The van der Waals surface area contributed by atoms with Crippen molar-refractivity contribution in [2.75, 3.05) is 6.61 Å². The van der Waals surface area contributed by atoms with Crippen LogP contribution in [-0.2, 0) is 0 Å². The molecule has 0 aromatic heterocycles. The van der Waals surface area contributed by atoms with Crippen molar-refractivity contribution in [3.63, 3.8) is 0 Å². The number of halogens is 4.